The van der Waals surface area contributed by atoms with Crippen molar-refractivity contribution in [2.45, 2.75) is 166 Å². The van der Waals surface area contributed by atoms with Crippen LogP contribution in [0.1, 0.15) is 126 Å². The fourth-order valence-electron chi connectivity index (χ4n) is 12.6. The third kappa shape index (κ3) is 15.9. The van der Waals surface area contributed by atoms with Gasteiger partial charge in [0.1, 0.15) is 0 Å². The van der Waals surface area contributed by atoms with E-state index in [1.54, 1.807) is 0 Å². The largest absolute Gasteiger partial charge is 0.441 e. The molecule has 2 fully saturated rings. The lowest BCUT2D eigenvalue weighted by Crippen LogP contribution is -2.79. The maximum atomic E-state index is 13.7. The molecule has 0 radical (unpaired) electrons. The van der Waals surface area contributed by atoms with Gasteiger partial charge in [-0.15, -0.1) is 0 Å². The Labute approximate surface area is 490 Å². The Hall–Kier alpha value is -4.95. The second kappa shape index (κ2) is 28.0. The molecule has 7 nitrogen and oxygen atoms in total. The molecule has 0 aliphatic heterocycles. The number of hydrogen-bond acceptors (Lipinski definition) is 7. The number of alkyl halides is 6. The average Bonchev–Trinajstić information content (AvgIpc) is 2.46. The number of aliphatic hydroxyl groups excluding tert-OH is 2. The van der Waals surface area contributed by atoms with Crippen molar-refractivity contribution in [1.82, 2.24) is 0 Å². The summed E-state index contributed by atoms with van der Waals surface area (Å²) >= 11 is 0. The monoisotopic (exact) mass is 1180 g/mol. The van der Waals surface area contributed by atoms with E-state index in [0.717, 1.165) is 108 Å². The quantitative estimate of drug-likeness (QED) is 0.0461. The van der Waals surface area contributed by atoms with Crippen molar-refractivity contribution in [3.63, 3.8) is 0 Å². The molecular formula is C68H84F6O7Si2. The Morgan fingerprint density at radius 2 is 0.807 bits per heavy atom. The molecule has 2 aliphatic rings. The molecule has 6 aromatic rings. The highest BCUT2D eigenvalue weighted by Gasteiger charge is 2.61. The number of rotatable bonds is 24. The Kier molecular flexibility index (Phi) is 21.6. The molecule has 6 aromatic carbocycles. The van der Waals surface area contributed by atoms with Crippen LogP contribution in [-0.2, 0) is 61.5 Å². The van der Waals surface area contributed by atoms with Crippen molar-refractivity contribution in [2.75, 3.05) is 26.4 Å². The van der Waals surface area contributed by atoms with Gasteiger partial charge in [0.25, 0.3) is 16.6 Å². The lowest BCUT2D eigenvalue weighted by atomic mass is 9.88. The van der Waals surface area contributed by atoms with E-state index in [0.29, 0.717) is 24.0 Å². The number of ether oxygens (including phenoxy) is 4. The lowest BCUT2D eigenvalue weighted by Gasteiger charge is -2.54. The maximum Gasteiger partial charge on any atom is 0.416 e. The summed E-state index contributed by atoms with van der Waals surface area (Å²) in [5, 5.41) is 23.4. The van der Waals surface area contributed by atoms with E-state index in [2.05, 4.69) is 126 Å². The third-order valence-electron chi connectivity index (χ3n) is 17.0. The Balaban J connectivity index is 1.25. The van der Waals surface area contributed by atoms with E-state index in [-0.39, 0.29) is 63.7 Å². The molecule has 0 aromatic heterocycles. The van der Waals surface area contributed by atoms with Crippen molar-refractivity contribution in [2.24, 2.45) is 11.8 Å². The highest BCUT2D eigenvalue weighted by atomic mass is 28.4. The van der Waals surface area contributed by atoms with Gasteiger partial charge in [-0.25, -0.2) is 0 Å². The fraction of sp³-hybridized carbons (Fsp3) is 0.471. The minimum atomic E-state index is -4.47. The van der Waals surface area contributed by atoms with Gasteiger partial charge in [-0.3, -0.25) is 0 Å². The molecule has 4 unspecified atom stereocenters. The Morgan fingerprint density at radius 1 is 0.458 bits per heavy atom. The zero-order valence-electron chi connectivity index (χ0n) is 49.0. The fourth-order valence-corrected chi connectivity index (χ4v) is 26.0. The van der Waals surface area contributed by atoms with E-state index < -0.39 is 62.4 Å². The first-order valence-corrected chi connectivity index (χ1v) is 33.3. The molecule has 0 saturated heterocycles. The zero-order valence-corrected chi connectivity index (χ0v) is 51.0. The number of halogens is 6. The van der Waals surface area contributed by atoms with Crippen molar-refractivity contribution in [3.05, 3.63) is 191 Å². The van der Waals surface area contributed by atoms with Crippen LogP contribution in [0.5, 0.6) is 0 Å². The van der Waals surface area contributed by atoms with Gasteiger partial charge in [-0.2, -0.15) is 26.3 Å². The molecule has 0 bridgehead atoms. The van der Waals surface area contributed by atoms with Crippen LogP contribution in [0.2, 0.25) is 10.1 Å². The number of aliphatic hydroxyl groups is 2. The normalized spacial score (nSPS) is 20.5. The summed E-state index contributed by atoms with van der Waals surface area (Å²) in [5.74, 6) is 0.289. The molecule has 0 spiro atoms. The summed E-state index contributed by atoms with van der Waals surface area (Å²) in [6.45, 7) is 14.4. The van der Waals surface area contributed by atoms with Crippen LogP contribution in [0.4, 0.5) is 26.3 Å². The van der Waals surface area contributed by atoms with E-state index in [4.69, 9.17) is 23.1 Å². The molecular weight excluding hydrogens is 1100 g/mol. The van der Waals surface area contributed by atoms with Crippen LogP contribution in [0.15, 0.2) is 158 Å². The van der Waals surface area contributed by atoms with E-state index in [1.165, 1.54) is 24.3 Å². The van der Waals surface area contributed by atoms with Crippen molar-refractivity contribution in [1.29, 1.82) is 0 Å². The standard InChI is InChI=1S/C68H84F6O7Si2/c1-65(2,3)82(61-25-9-7-10-26-61,63-29-15-13-21-53(63)41-59(47-79-57-23-17-19-51(39-57)43-75)77-45-49-31-35-55(36-32-49)67(69,70)71)81-83(66(4,5)6,62-27-11-8-12-28-62)64-30-16-14-22-54(64)42-60(48-80-58-24-18-20-52(40-58)44-76)78-46-50-33-37-56(38-34-50)68(72,73)74/h7-16,21-22,25-38,51-52,57-60,75-76H,17-20,23-24,39-48H2,1-6H3/t51-,52-,57+,58+,59?,60?,82?,83?/m0/s1. The number of benzene rings is 6. The SMILES string of the molecule is CC(C)(C)[Si](O[Si](c1ccccc1)(c1ccccc1CC(CO[C@@H]1CCC[C@H](CO)C1)OCc1ccc(C(F)(F)F)cc1)C(C)(C)C)(c1ccccc1)c1ccccc1CC(CO[C@@H]1CCC[C@H](CO)C1)OCc1ccc(C(F)(F)F)cc1. The molecule has 448 valence electrons. The van der Waals surface area contributed by atoms with Crippen molar-refractivity contribution >= 4 is 37.4 Å². The summed E-state index contributed by atoms with van der Waals surface area (Å²) in [7, 11) is -7.33. The molecule has 2 N–H and O–H groups in total. The van der Waals surface area contributed by atoms with Crippen molar-refractivity contribution < 1.29 is 59.6 Å². The third-order valence-corrected chi connectivity index (χ3v) is 28.5. The van der Waals surface area contributed by atoms with E-state index in [9.17, 15) is 36.6 Å². The summed E-state index contributed by atoms with van der Waals surface area (Å²) in [4.78, 5) is 0. The molecule has 2 saturated carbocycles. The summed E-state index contributed by atoms with van der Waals surface area (Å²) in [6, 6.07) is 48.3. The molecule has 8 rings (SSSR count). The lowest BCUT2D eigenvalue weighted by molar-refractivity contribution is -0.138. The first kappa shape index (κ1) is 64.1. The first-order valence-electron chi connectivity index (χ1n) is 29.5. The van der Waals surface area contributed by atoms with Gasteiger partial charge in [-0.1, -0.05) is 188 Å². The van der Waals surface area contributed by atoms with Gasteiger partial charge in [-0.05, 0) is 128 Å². The van der Waals surface area contributed by atoms with Gasteiger partial charge in [0.05, 0.1) is 62.0 Å². The minimum Gasteiger partial charge on any atom is -0.441 e. The topological polar surface area (TPSA) is 86.6 Å². The Morgan fingerprint density at radius 3 is 1.14 bits per heavy atom. The molecule has 0 amide bonds. The molecule has 15 heteroatoms. The predicted molar refractivity (Wildman–Crippen MR) is 321 cm³/mol. The molecule has 0 heterocycles. The molecule has 2 aliphatic carbocycles. The van der Waals surface area contributed by atoms with Gasteiger partial charge in [0, 0.05) is 26.1 Å². The second-order valence-electron chi connectivity index (χ2n) is 25.0. The summed E-state index contributed by atoms with van der Waals surface area (Å²) in [5.41, 5.74) is 1.77. The zero-order chi connectivity index (χ0) is 59.5. The Bertz CT molecular complexity index is 2730. The van der Waals surface area contributed by atoms with Crippen LogP contribution in [-0.4, -0.2) is 77.7 Å². The number of hydrogen-bond donors (Lipinski definition) is 2. The van der Waals surface area contributed by atoms with Crippen LogP contribution in [0, 0.1) is 11.8 Å². The average molecular weight is 1180 g/mol. The highest BCUT2D eigenvalue weighted by molar-refractivity contribution is 7.11. The van der Waals surface area contributed by atoms with Crippen LogP contribution in [0.3, 0.4) is 0 Å². The second-order valence-corrected chi connectivity index (χ2v) is 33.8. The predicted octanol–water partition coefficient (Wildman–Crippen LogP) is 13.6. The van der Waals surface area contributed by atoms with Gasteiger partial charge in [0.15, 0.2) is 0 Å². The van der Waals surface area contributed by atoms with Crippen molar-refractivity contribution in [3.8, 4) is 0 Å². The smallest absolute Gasteiger partial charge is 0.416 e. The van der Waals surface area contributed by atoms with E-state index in [1.807, 2.05) is 24.3 Å². The molecule has 83 heavy (non-hydrogen) atoms. The summed E-state index contributed by atoms with van der Waals surface area (Å²) in [6.07, 6.45) is -2.46. The maximum absolute atomic E-state index is 13.7. The first-order chi connectivity index (χ1) is 39.5. The van der Waals surface area contributed by atoms with Gasteiger partial charge >= 0.3 is 12.4 Å². The van der Waals surface area contributed by atoms with Gasteiger partial charge < -0.3 is 33.3 Å². The van der Waals surface area contributed by atoms with Crippen LogP contribution >= 0.6 is 0 Å². The molecule has 8 atom stereocenters. The highest BCUT2D eigenvalue weighted by Crippen LogP contribution is 2.46. The minimum absolute atomic E-state index is 0.0596. The summed E-state index contributed by atoms with van der Waals surface area (Å²) < 4.78 is 118. The van der Waals surface area contributed by atoms with E-state index >= 15 is 0 Å². The van der Waals surface area contributed by atoms with Crippen LogP contribution in [0.25, 0.3) is 0 Å². The van der Waals surface area contributed by atoms with Crippen LogP contribution < -0.4 is 20.7 Å². The van der Waals surface area contributed by atoms with Gasteiger partial charge in [0.2, 0.25) is 0 Å².